The molecule has 4 heteroatoms. The van der Waals surface area contributed by atoms with Crippen LogP contribution in [0.4, 0.5) is 0 Å². The van der Waals surface area contributed by atoms with E-state index < -0.39 is 0 Å². The summed E-state index contributed by atoms with van der Waals surface area (Å²) < 4.78 is 21.7. The minimum Gasteiger partial charge on any atom is -0.494 e. The predicted molar refractivity (Wildman–Crippen MR) is 123 cm³/mol. The number of benzene rings is 2. The molecule has 164 valence electrons. The van der Waals surface area contributed by atoms with Crippen LogP contribution >= 0.6 is 0 Å². The number of unbranched alkanes of at least 4 members (excludes halogenated alkanes) is 6. The van der Waals surface area contributed by atoms with Gasteiger partial charge in [0.25, 0.3) is 0 Å². The lowest BCUT2D eigenvalue weighted by Crippen LogP contribution is -2.07. The quantitative estimate of drug-likeness (QED) is 0.166. The van der Waals surface area contributed by atoms with Crippen LogP contribution in [-0.4, -0.2) is 33.7 Å². The van der Waals surface area contributed by atoms with Crippen LogP contribution in [0.1, 0.15) is 44.9 Å². The maximum atomic E-state index is 5.88. The second kappa shape index (κ2) is 15.5. The summed E-state index contributed by atoms with van der Waals surface area (Å²) >= 11 is 0. The van der Waals surface area contributed by atoms with Crippen LogP contribution in [0.25, 0.3) is 11.1 Å². The second-order valence-corrected chi connectivity index (χ2v) is 7.26. The van der Waals surface area contributed by atoms with E-state index in [1.165, 1.54) is 32.1 Å². The maximum absolute atomic E-state index is 5.88. The molecule has 0 amide bonds. The molecule has 0 atom stereocenters. The van der Waals surface area contributed by atoms with Crippen LogP contribution in [0.2, 0.25) is 0 Å². The zero-order valence-corrected chi connectivity index (χ0v) is 18.3. The normalized spacial score (nSPS) is 10.7. The number of hydrogen-bond donors (Lipinski definition) is 0. The van der Waals surface area contributed by atoms with Crippen LogP contribution in [0, 0.1) is 0 Å². The summed E-state index contributed by atoms with van der Waals surface area (Å²) in [6.45, 7) is 5.87. The van der Waals surface area contributed by atoms with E-state index in [1.807, 2.05) is 30.3 Å². The number of rotatable bonds is 17. The van der Waals surface area contributed by atoms with Crippen LogP contribution in [0.5, 0.6) is 11.5 Å². The first-order valence-electron chi connectivity index (χ1n) is 11.0. The summed E-state index contributed by atoms with van der Waals surface area (Å²) in [5, 5.41) is 0. The number of ether oxygens (including phenoxy) is 4. The fourth-order valence-electron chi connectivity index (χ4n) is 3.09. The van der Waals surface area contributed by atoms with Crippen molar-refractivity contribution >= 4 is 0 Å². The first-order chi connectivity index (χ1) is 14.8. The van der Waals surface area contributed by atoms with E-state index in [-0.39, 0.29) is 6.79 Å². The van der Waals surface area contributed by atoms with E-state index in [4.69, 9.17) is 18.9 Å². The van der Waals surface area contributed by atoms with Crippen molar-refractivity contribution < 1.29 is 18.9 Å². The first kappa shape index (κ1) is 24.0. The monoisotopic (exact) mass is 412 g/mol. The van der Waals surface area contributed by atoms with Gasteiger partial charge in [0, 0.05) is 7.11 Å². The zero-order valence-electron chi connectivity index (χ0n) is 18.3. The first-order valence-corrected chi connectivity index (χ1v) is 11.0. The van der Waals surface area contributed by atoms with Crippen molar-refractivity contribution in [2.75, 3.05) is 33.7 Å². The van der Waals surface area contributed by atoms with E-state index in [0.717, 1.165) is 42.1 Å². The molecule has 4 nitrogen and oxygen atoms in total. The van der Waals surface area contributed by atoms with E-state index in [2.05, 4.69) is 30.8 Å². The van der Waals surface area contributed by atoms with Gasteiger partial charge in [-0.1, -0.05) is 56.0 Å². The standard InChI is InChI=1S/C26H36O4/c1-3-4-5-6-7-8-9-10-19-29-25-15-11-23(12-16-25)24-13-17-26(18-14-24)30-22-28-21-20-27-2/h3,11-18H,1,4-10,19-22H2,2H3. The van der Waals surface area contributed by atoms with Crippen molar-refractivity contribution in [3.8, 4) is 22.6 Å². The van der Waals surface area contributed by atoms with Gasteiger partial charge in [-0.25, -0.2) is 0 Å². The van der Waals surface area contributed by atoms with Crippen molar-refractivity contribution in [3.05, 3.63) is 61.2 Å². The highest BCUT2D eigenvalue weighted by molar-refractivity contribution is 5.64. The van der Waals surface area contributed by atoms with Gasteiger partial charge in [0.1, 0.15) is 11.5 Å². The highest BCUT2D eigenvalue weighted by atomic mass is 16.7. The van der Waals surface area contributed by atoms with Gasteiger partial charge in [0.05, 0.1) is 19.8 Å². The smallest absolute Gasteiger partial charge is 0.189 e. The fraction of sp³-hybridized carbons (Fsp3) is 0.462. The Labute approximate surface area is 181 Å². The van der Waals surface area contributed by atoms with Gasteiger partial charge in [0.15, 0.2) is 6.79 Å². The van der Waals surface area contributed by atoms with Gasteiger partial charge >= 0.3 is 0 Å². The van der Waals surface area contributed by atoms with E-state index in [9.17, 15) is 0 Å². The van der Waals surface area contributed by atoms with Crippen molar-refractivity contribution in [2.45, 2.75) is 44.9 Å². The van der Waals surface area contributed by atoms with Crippen molar-refractivity contribution in [1.29, 1.82) is 0 Å². The third kappa shape index (κ3) is 9.95. The molecule has 0 bridgehead atoms. The average Bonchev–Trinajstić information content (AvgIpc) is 2.79. The molecule has 0 saturated carbocycles. The Kier molecular flexibility index (Phi) is 12.4. The number of hydrogen-bond acceptors (Lipinski definition) is 4. The van der Waals surface area contributed by atoms with Gasteiger partial charge in [-0.05, 0) is 54.7 Å². The van der Waals surface area contributed by atoms with Gasteiger partial charge in [0.2, 0.25) is 0 Å². The minimum absolute atomic E-state index is 0.226. The third-order valence-electron chi connectivity index (χ3n) is 4.85. The summed E-state index contributed by atoms with van der Waals surface area (Å²) in [6.07, 6.45) is 10.7. The SMILES string of the molecule is C=CCCCCCCCCOc1ccc(-c2ccc(OCOCCOC)cc2)cc1. The second-order valence-electron chi connectivity index (χ2n) is 7.26. The van der Waals surface area contributed by atoms with Gasteiger partial charge in [-0.2, -0.15) is 0 Å². The third-order valence-corrected chi connectivity index (χ3v) is 4.85. The molecule has 0 N–H and O–H groups in total. The lowest BCUT2D eigenvalue weighted by atomic mass is 10.1. The molecule has 2 aromatic rings. The Morgan fingerprint density at radius 2 is 1.23 bits per heavy atom. The molecule has 0 fully saturated rings. The molecule has 0 saturated heterocycles. The van der Waals surface area contributed by atoms with Crippen LogP contribution < -0.4 is 9.47 Å². The summed E-state index contributed by atoms with van der Waals surface area (Å²) in [5.41, 5.74) is 2.30. The molecular weight excluding hydrogens is 376 g/mol. The lowest BCUT2D eigenvalue weighted by Gasteiger charge is -2.09. The Balaban J connectivity index is 1.64. The Morgan fingerprint density at radius 1 is 0.667 bits per heavy atom. The van der Waals surface area contributed by atoms with Crippen molar-refractivity contribution in [1.82, 2.24) is 0 Å². The largest absolute Gasteiger partial charge is 0.494 e. The maximum Gasteiger partial charge on any atom is 0.189 e. The number of methoxy groups -OCH3 is 1. The molecule has 2 rings (SSSR count). The average molecular weight is 413 g/mol. The zero-order chi connectivity index (χ0) is 21.3. The molecule has 0 heterocycles. The highest BCUT2D eigenvalue weighted by Crippen LogP contribution is 2.25. The predicted octanol–water partition coefficient (Wildman–Crippen LogP) is 6.65. The molecule has 0 aliphatic rings. The van der Waals surface area contributed by atoms with Crippen LogP contribution in [0.15, 0.2) is 61.2 Å². The Bertz CT molecular complexity index is 679. The van der Waals surface area contributed by atoms with Gasteiger partial charge < -0.3 is 18.9 Å². The summed E-state index contributed by atoms with van der Waals surface area (Å²) in [6, 6.07) is 16.3. The summed E-state index contributed by atoms with van der Waals surface area (Å²) in [4.78, 5) is 0. The Hall–Kier alpha value is -2.30. The highest BCUT2D eigenvalue weighted by Gasteiger charge is 2.01. The summed E-state index contributed by atoms with van der Waals surface area (Å²) in [7, 11) is 1.65. The molecule has 0 aromatic heterocycles. The molecule has 0 unspecified atom stereocenters. The van der Waals surface area contributed by atoms with Crippen molar-refractivity contribution in [3.63, 3.8) is 0 Å². The fourth-order valence-corrected chi connectivity index (χ4v) is 3.09. The van der Waals surface area contributed by atoms with Gasteiger partial charge in [-0.3, -0.25) is 0 Å². The molecule has 0 radical (unpaired) electrons. The van der Waals surface area contributed by atoms with E-state index in [1.54, 1.807) is 7.11 Å². The molecular formula is C26H36O4. The topological polar surface area (TPSA) is 36.9 Å². The minimum atomic E-state index is 0.226. The van der Waals surface area contributed by atoms with Crippen molar-refractivity contribution in [2.24, 2.45) is 0 Å². The molecule has 0 spiro atoms. The summed E-state index contributed by atoms with van der Waals surface area (Å²) in [5.74, 6) is 1.72. The Morgan fingerprint density at radius 3 is 1.83 bits per heavy atom. The van der Waals surface area contributed by atoms with Crippen LogP contribution in [-0.2, 0) is 9.47 Å². The van der Waals surface area contributed by atoms with E-state index >= 15 is 0 Å². The molecule has 0 aliphatic carbocycles. The molecule has 30 heavy (non-hydrogen) atoms. The van der Waals surface area contributed by atoms with Crippen LogP contribution in [0.3, 0.4) is 0 Å². The molecule has 0 aliphatic heterocycles. The number of allylic oxidation sites excluding steroid dienone is 1. The molecule has 2 aromatic carbocycles. The van der Waals surface area contributed by atoms with E-state index in [0.29, 0.717) is 13.2 Å². The van der Waals surface area contributed by atoms with Gasteiger partial charge in [-0.15, -0.1) is 6.58 Å². The lowest BCUT2D eigenvalue weighted by molar-refractivity contribution is -0.00846.